The first-order chi connectivity index (χ1) is 15.7. The van der Waals surface area contributed by atoms with Crippen LogP contribution in [0, 0.1) is 0 Å². The number of nitrogens with zero attached hydrogens (tertiary/aromatic N) is 3. The maximum atomic E-state index is 12.0. The molecule has 7 heteroatoms. The van der Waals surface area contributed by atoms with Crippen LogP contribution in [0.1, 0.15) is 72.4 Å². The van der Waals surface area contributed by atoms with Crippen molar-refractivity contribution in [3.05, 3.63) is 30.6 Å². The van der Waals surface area contributed by atoms with Gasteiger partial charge in [0, 0.05) is 51.8 Å². The van der Waals surface area contributed by atoms with E-state index in [1.807, 2.05) is 20.8 Å². The van der Waals surface area contributed by atoms with E-state index in [1.165, 1.54) is 23.2 Å². The van der Waals surface area contributed by atoms with Crippen LogP contribution in [0.4, 0.5) is 16.3 Å². The van der Waals surface area contributed by atoms with Crippen LogP contribution in [0.3, 0.4) is 0 Å². The van der Waals surface area contributed by atoms with E-state index in [0.29, 0.717) is 13.2 Å². The highest BCUT2D eigenvalue weighted by Gasteiger charge is 2.20. The fourth-order valence-electron chi connectivity index (χ4n) is 3.24. The van der Waals surface area contributed by atoms with E-state index in [2.05, 4.69) is 49.8 Å². The molecule has 0 spiro atoms. The lowest BCUT2D eigenvalue weighted by Gasteiger charge is -2.27. The molecule has 0 radical (unpaired) electrons. The minimum absolute atomic E-state index is 0.366. The molecule has 0 saturated carbocycles. The molecule has 1 aromatic heterocycles. The lowest BCUT2D eigenvalue weighted by atomic mass is 10.1. The molecule has 1 aliphatic heterocycles. The summed E-state index contributed by atoms with van der Waals surface area (Å²) < 4.78 is 11.1. The normalized spacial score (nSPS) is 12.7. The first-order valence-electron chi connectivity index (χ1n) is 12.4. The zero-order chi connectivity index (χ0) is 24.7. The molecule has 0 atom stereocenters. The number of hydrogen-bond donors (Lipinski definition) is 1. The monoisotopic (exact) mass is 462 g/mol. The quantitative estimate of drug-likeness (QED) is 0.416. The molecule has 1 amide bonds. The van der Waals surface area contributed by atoms with Gasteiger partial charge in [0.25, 0.3) is 0 Å². The summed E-state index contributed by atoms with van der Waals surface area (Å²) in [6.07, 6.45) is 7.39. The third-order valence-corrected chi connectivity index (χ3v) is 4.84. The van der Waals surface area contributed by atoms with Crippen LogP contribution in [0.15, 0.2) is 24.9 Å². The third kappa shape index (κ3) is 11.9. The highest BCUT2D eigenvalue weighted by atomic mass is 16.6. The van der Waals surface area contributed by atoms with Gasteiger partial charge >= 0.3 is 6.09 Å². The number of carbonyl (C=O) groups is 1. The number of ether oxygens (including phenoxy) is 2. The largest absolute Gasteiger partial charge is 0.443 e. The zero-order valence-electron chi connectivity index (χ0n) is 21.8. The Balaban J connectivity index is 0.00000172. The summed E-state index contributed by atoms with van der Waals surface area (Å²) >= 11 is 0. The lowest BCUT2D eigenvalue weighted by molar-refractivity contribution is 0.0318. The summed E-state index contributed by atoms with van der Waals surface area (Å²) in [7, 11) is 2.10. The topological polar surface area (TPSA) is 66.9 Å². The Hall–Kier alpha value is -2.28. The number of pyridine rings is 1. The summed E-state index contributed by atoms with van der Waals surface area (Å²) in [5.74, 6) is 1.00. The molecule has 2 rings (SSSR count). The second-order valence-electron chi connectivity index (χ2n) is 9.36. The molecule has 7 nitrogen and oxygen atoms in total. The molecule has 33 heavy (non-hydrogen) atoms. The molecule has 1 aliphatic rings. The molecule has 1 aromatic rings. The van der Waals surface area contributed by atoms with Crippen molar-refractivity contribution in [3.8, 4) is 0 Å². The molecule has 0 saturated heterocycles. The van der Waals surface area contributed by atoms with Crippen molar-refractivity contribution in [2.24, 2.45) is 0 Å². The molecule has 2 heterocycles. The van der Waals surface area contributed by atoms with Crippen molar-refractivity contribution in [1.29, 1.82) is 0 Å². The Morgan fingerprint density at radius 3 is 2.58 bits per heavy atom. The predicted octanol–water partition coefficient (Wildman–Crippen LogP) is 5.86. The van der Waals surface area contributed by atoms with Crippen LogP contribution in [0.25, 0.3) is 0 Å². The van der Waals surface area contributed by atoms with Crippen LogP contribution in [0.5, 0.6) is 0 Å². The maximum absolute atomic E-state index is 12.0. The van der Waals surface area contributed by atoms with E-state index in [4.69, 9.17) is 14.5 Å². The molecular formula is C26H46N4O3. The highest BCUT2D eigenvalue weighted by Crippen LogP contribution is 2.26. The Kier molecular flexibility index (Phi) is 13.5. The SMILES string of the molecule is C=CN(CCCOCCCCCc1ccc2c(n1)NCCN2C)C(=O)OC(C)(C)C.CCC. The van der Waals surface area contributed by atoms with E-state index in [1.54, 1.807) is 0 Å². The number of fused-ring (bicyclic) bond motifs is 1. The first-order valence-corrected chi connectivity index (χ1v) is 12.4. The number of aromatic nitrogens is 1. The van der Waals surface area contributed by atoms with Crippen molar-refractivity contribution < 1.29 is 14.3 Å². The Morgan fingerprint density at radius 1 is 1.21 bits per heavy atom. The predicted molar refractivity (Wildman–Crippen MR) is 138 cm³/mol. The molecule has 0 unspecified atom stereocenters. The highest BCUT2D eigenvalue weighted by molar-refractivity contribution is 5.69. The van der Waals surface area contributed by atoms with E-state index in [9.17, 15) is 4.79 Å². The first kappa shape index (κ1) is 28.8. The number of unbranched alkanes of at least 4 members (excludes halogenated alkanes) is 2. The fourth-order valence-corrected chi connectivity index (χ4v) is 3.24. The summed E-state index contributed by atoms with van der Waals surface area (Å²) in [5.41, 5.74) is 1.82. The summed E-state index contributed by atoms with van der Waals surface area (Å²) in [5, 5.41) is 3.38. The van der Waals surface area contributed by atoms with Crippen molar-refractivity contribution >= 4 is 17.6 Å². The smallest absolute Gasteiger partial charge is 0.414 e. The number of hydrogen-bond acceptors (Lipinski definition) is 6. The van der Waals surface area contributed by atoms with Gasteiger partial charge in [-0.1, -0.05) is 33.3 Å². The van der Waals surface area contributed by atoms with Crippen LogP contribution in [0.2, 0.25) is 0 Å². The van der Waals surface area contributed by atoms with Gasteiger partial charge in [-0.15, -0.1) is 0 Å². The average Bonchev–Trinajstić information content (AvgIpc) is 2.74. The van der Waals surface area contributed by atoms with Crippen molar-refractivity contribution in [1.82, 2.24) is 9.88 Å². The van der Waals surface area contributed by atoms with Crippen LogP contribution >= 0.6 is 0 Å². The number of likely N-dealkylation sites (N-methyl/N-ethyl adjacent to an activating group) is 1. The molecule has 0 aliphatic carbocycles. The van der Waals surface area contributed by atoms with Gasteiger partial charge in [0.05, 0.1) is 5.69 Å². The van der Waals surface area contributed by atoms with Gasteiger partial charge in [0.2, 0.25) is 0 Å². The van der Waals surface area contributed by atoms with Crippen LogP contribution in [-0.2, 0) is 15.9 Å². The molecule has 0 aromatic carbocycles. The Morgan fingerprint density at radius 2 is 1.91 bits per heavy atom. The van der Waals surface area contributed by atoms with Gasteiger partial charge < -0.3 is 19.7 Å². The summed E-state index contributed by atoms with van der Waals surface area (Å²) in [6.45, 7) is 17.4. The number of amides is 1. The van der Waals surface area contributed by atoms with Gasteiger partial charge in [0.1, 0.15) is 11.4 Å². The van der Waals surface area contributed by atoms with Crippen LogP contribution < -0.4 is 10.2 Å². The number of anilines is 2. The molecule has 0 bridgehead atoms. The van der Waals surface area contributed by atoms with Gasteiger partial charge in [-0.05, 0) is 58.6 Å². The number of carbonyl (C=O) groups excluding carboxylic acids is 1. The van der Waals surface area contributed by atoms with E-state index in [-0.39, 0.29) is 6.09 Å². The number of rotatable bonds is 11. The van der Waals surface area contributed by atoms with E-state index in [0.717, 1.165) is 63.3 Å². The van der Waals surface area contributed by atoms with Gasteiger partial charge in [-0.25, -0.2) is 9.78 Å². The summed E-state index contributed by atoms with van der Waals surface area (Å²) in [6, 6.07) is 4.30. The molecule has 1 N–H and O–H groups in total. The molecule has 0 fully saturated rings. The third-order valence-electron chi connectivity index (χ3n) is 4.84. The second kappa shape index (κ2) is 15.5. The maximum Gasteiger partial charge on any atom is 0.414 e. The van der Waals surface area contributed by atoms with Gasteiger partial charge in [-0.2, -0.15) is 0 Å². The van der Waals surface area contributed by atoms with E-state index >= 15 is 0 Å². The Labute approximate surface area is 201 Å². The number of nitrogens with one attached hydrogen (secondary N) is 1. The Bertz CT molecular complexity index is 703. The summed E-state index contributed by atoms with van der Waals surface area (Å²) in [4.78, 5) is 20.5. The van der Waals surface area contributed by atoms with Crippen molar-refractivity contribution in [2.75, 3.05) is 50.1 Å². The van der Waals surface area contributed by atoms with Crippen molar-refractivity contribution in [3.63, 3.8) is 0 Å². The molecule has 188 valence electrons. The average molecular weight is 463 g/mol. The fraction of sp³-hybridized carbons (Fsp3) is 0.692. The lowest BCUT2D eigenvalue weighted by Crippen LogP contribution is -2.34. The number of aryl methyl sites for hydroxylation is 1. The van der Waals surface area contributed by atoms with E-state index < -0.39 is 5.60 Å². The van der Waals surface area contributed by atoms with Crippen LogP contribution in [-0.4, -0.2) is 61.5 Å². The zero-order valence-corrected chi connectivity index (χ0v) is 21.8. The van der Waals surface area contributed by atoms with Gasteiger partial charge in [0.15, 0.2) is 0 Å². The minimum atomic E-state index is -0.504. The standard InChI is InChI=1S/C23H38N4O3.C3H8/c1-6-27(22(28)30-23(2,3)4)15-10-18-29-17-9-7-8-11-19-12-13-20-21(25-19)24-14-16-26(20)5;1-3-2/h6,12-13H,1,7-11,14-18H2,2-5H3,(H,24,25);3H2,1-2H3. The second-order valence-corrected chi connectivity index (χ2v) is 9.36. The van der Waals surface area contributed by atoms with Crippen molar-refractivity contribution in [2.45, 2.75) is 78.7 Å². The molecular weight excluding hydrogens is 416 g/mol. The minimum Gasteiger partial charge on any atom is -0.443 e. The van der Waals surface area contributed by atoms with Gasteiger partial charge in [-0.3, -0.25) is 4.90 Å².